The molecule has 0 amide bonds. The lowest BCUT2D eigenvalue weighted by atomic mass is 9.96. The molecule has 0 spiro atoms. The van der Waals surface area contributed by atoms with E-state index in [0.717, 1.165) is 11.1 Å². The topological polar surface area (TPSA) is 79.1 Å². The molecule has 2 aliphatic rings. The van der Waals surface area contributed by atoms with Crippen molar-refractivity contribution in [3.8, 4) is 11.5 Å². The van der Waals surface area contributed by atoms with Crippen LogP contribution in [0.1, 0.15) is 31.0 Å². The first-order valence-electron chi connectivity index (χ1n) is 10.2. The Morgan fingerprint density at radius 2 is 2.00 bits per heavy atom. The molecule has 3 heterocycles. The summed E-state index contributed by atoms with van der Waals surface area (Å²) in [6, 6.07) is 14.4. The molecule has 7 nitrogen and oxygen atoms in total. The van der Waals surface area contributed by atoms with Crippen molar-refractivity contribution in [2.24, 2.45) is 4.99 Å². The van der Waals surface area contributed by atoms with E-state index < -0.39 is 12.0 Å². The number of fused-ring (bicyclic) bond motifs is 2. The predicted molar refractivity (Wildman–Crippen MR) is 119 cm³/mol. The van der Waals surface area contributed by atoms with Gasteiger partial charge in [-0.05, 0) is 43.2 Å². The first-order valence-corrected chi connectivity index (χ1v) is 11.0. The molecule has 2 aromatic carbocycles. The monoisotopic (exact) mass is 448 g/mol. The minimum atomic E-state index is -0.606. The number of hydrogen-bond acceptors (Lipinski definition) is 7. The first-order chi connectivity index (χ1) is 15.6. The van der Waals surface area contributed by atoms with E-state index in [2.05, 4.69) is 4.99 Å². The van der Waals surface area contributed by atoms with Crippen LogP contribution in [-0.4, -0.2) is 23.9 Å². The minimum Gasteiger partial charge on any atom is -0.463 e. The first kappa shape index (κ1) is 20.3. The van der Waals surface area contributed by atoms with Gasteiger partial charge in [0.05, 0.1) is 28.5 Å². The van der Waals surface area contributed by atoms with Gasteiger partial charge in [-0.3, -0.25) is 9.36 Å². The third-order valence-electron chi connectivity index (χ3n) is 5.33. The molecule has 0 saturated carbocycles. The number of ether oxygens (including phenoxy) is 3. The van der Waals surface area contributed by atoms with Crippen molar-refractivity contribution in [2.75, 3.05) is 13.4 Å². The van der Waals surface area contributed by atoms with Gasteiger partial charge in [0.25, 0.3) is 5.56 Å². The van der Waals surface area contributed by atoms with Crippen LogP contribution in [-0.2, 0) is 9.53 Å². The van der Waals surface area contributed by atoms with Gasteiger partial charge >= 0.3 is 5.97 Å². The summed E-state index contributed by atoms with van der Waals surface area (Å²) >= 11 is 1.29. The molecule has 1 aromatic heterocycles. The van der Waals surface area contributed by atoms with Gasteiger partial charge in [0.15, 0.2) is 16.3 Å². The van der Waals surface area contributed by atoms with Crippen molar-refractivity contribution in [3.63, 3.8) is 0 Å². The summed E-state index contributed by atoms with van der Waals surface area (Å²) in [7, 11) is 0. The van der Waals surface area contributed by atoms with Gasteiger partial charge in [0.1, 0.15) is 0 Å². The predicted octanol–water partition coefficient (Wildman–Crippen LogP) is 2.53. The van der Waals surface area contributed by atoms with E-state index >= 15 is 0 Å². The third kappa shape index (κ3) is 3.42. The molecule has 0 fully saturated rings. The Labute approximate surface area is 187 Å². The van der Waals surface area contributed by atoms with Crippen LogP contribution >= 0.6 is 11.3 Å². The fraction of sp³-hybridized carbons (Fsp3) is 0.208. The Morgan fingerprint density at radius 3 is 2.78 bits per heavy atom. The number of carbonyl (C=O) groups is 1. The molecule has 0 radical (unpaired) electrons. The second kappa shape index (κ2) is 8.12. The van der Waals surface area contributed by atoms with E-state index in [1.54, 1.807) is 24.5 Å². The van der Waals surface area contributed by atoms with Crippen molar-refractivity contribution in [1.29, 1.82) is 0 Å². The van der Waals surface area contributed by atoms with E-state index in [4.69, 9.17) is 14.2 Å². The maximum atomic E-state index is 13.5. The molecule has 32 heavy (non-hydrogen) atoms. The minimum absolute atomic E-state index is 0.188. The molecule has 0 saturated heterocycles. The van der Waals surface area contributed by atoms with Crippen LogP contribution < -0.4 is 24.4 Å². The quantitative estimate of drug-likeness (QED) is 0.573. The largest absolute Gasteiger partial charge is 0.463 e. The number of rotatable bonds is 4. The van der Waals surface area contributed by atoms with E-state index in [9.17, 15) is 9.59 Å². The number of nitrogens with zero attached hydrogens (tertiary/aromatic N) is 2. The van der Waals surface area contributed by atoms with E-state index in [1.807, 2.05) is 48.5 Å². The molecule has 1 unspecified atom stereocenters. The van der Waals surface area contributed by atoms with Crippen LogP contribution in [0.3, 0.4) is 0 Å². The molecule has 0 aliphatic carbocycles. The number of benzene rings is 2. The number of thiazole rings is 1. The second-order valence-electron chi connectivity index (χ2n) is 7.33. The lowest BCUT2D eigenvalue weighted by molar-refractivity contribution is -0.139. The van der Waals surface area contributed by atoms with Crippen molar-refractivity contribution in [2.45, 2.75) is 19.9 Å². The lowest BCUT2D eigenvalue weighted by Gasteiger charge is -2.24. The highest BCUT2D eigenvalue weighted by Gasteiger charge is 2.33. The molecule has 2 aliphatic heterocycles. The molecule has 162 valence electrons. The maximum Gasteiger partial charge on any atom is 0.338 e. The fourth-order valence-electron chi connectivity index (χ4n) is 3.90. The summed E-state index contributed by atoms with van der Waals surface area (Å²) in [5.74, 6) is 0.865. The Balaban J connectivity index is 1.69. The highest BCUT2D eigenvalue weighted by Crippen LogP contribution is 2.33. The van der Waals surface area contributed by atoms with Crippen molar-refractivity contribution in [1.82, 2.24) is 4.57 Å². The van der Waals surface area contributed by atoms with Crippen molar-refractivity contribution in [3.05, 3.63) is 90.6 Å². The van der Waals surface area contributed by atoms with Crippen molar-refractivity contribution >= 4 is 23.4 Å². The van der Waals surface area contributed by atoms with Gasteiger partial charge in [0, 0.05) is 0 Å². The zero-order valence-electron chi connectivity index (χ0n) is 17.5. The lowest BCUT2D eigenvalue weighted by Crippen LogP contribution is -2.39. The van der Waals surface area contributed by atoms with Gasteiger partial charge in [-0.25, -0.2) is 9.79 Å². The Hall–Kier alpha value is -3.65. The van der Waals surface area contributed by atoms with Gasteiger partial charge < -0.3 is 14.2 Å². The Morgan fingerprint density at radius 1 is 1.22 bits per heavy atom. The summed E-state index contributed by atoms with van der Waals surface area (Å²) in [6.45, 7) is 3.96. The highest BCUT2D eigenvalue weighted by atomic mass is 32.1. The second-order valence-corrected chi connectivity index (χ2v) is 8.33. The van der Waals surface area contributed by atoms with Gasteiger partial charge in [0.2, 0.25) is 6.79 Å². The molecule has 0 bridgehead atoms. The van der Waals surface area contributed by atoms with Crippen LogP contribution in [0.15, 0.2) is 69.6 Å². The third-order valence-corrected chi connectivity index (χ3v) is 6.31. The molecule has 0 N–H and O–H groups in total. The molecular formula is C24H20N2O5S. The Bertz CT molecular complexity index is 1420. The van der Waals surface area contributed by atoms with Crippen LogP contribution in [0, 0.1) is 0 Å². The van der Waals surface area contributed by atoms with Crippen LogP contribution in [0.5, 0.6) is 11.5 Å². The molecule has 1 atom stereocenters. The normalized spacial score (nSPS) is 17.2. The zero-order chi connectivity index (χ0) is 22.2. The summed E-state index contributed by atoms with van der Waals surface area (Å²) in [5, 5.41) is 0. The number of aromatic nitrogens is 1. The fourth-order valence-corrected chi connectivity index (χ4v) is 4.94. The SMILES string of the molecule is CCOC(=O)C1=C(C)N=c2s/c(=C/c3ccc4c(c3)OCO4)c(=O)n2C1c1ccccc1. The number of hydrogen-bond donors (Lipinski definition) is 0. The Kier molecular flexibility index (Phi) is 5.14. The van der Waals surface area contributed by atoms with E-state index in [0.29, 0.717) is 32.1 Å². The number of carbonyl (C=O) groups excluding carboxylic acids is 1. The van der Waals surface area contributed by atoms with Gasteiger partial charge in [-0.1, -0.05) is 47.7 Å². The summed E-state index contributed by atoms with van der Waals surface area (Å²) in [5.41, 5.74) is 2.35. The summed E-state index contributed by atoms with van der Waals surface area (Å²) < 4.78 is 18.2. The molecule has 8 heteroatoms. The average Bonchev–Trinajstić information content (AvgIpc) is 3.37. The smallest absolute Gasteiger partial charge is 0.338 e. The van der Waals surface area contributed by atoms with Crippen molar-refractivity contribution < 1.29 is 19.0 Å². The summed E-state index contributed by atoms with van der Waals surface area (Å²) in [6.07, 6.45) is 1.80. The van der Waals surface area contributed by atoms with Gasteiger partial charge in [-0.15, -0.1) is 0 Å². The number of allylic oxidation sites excluding steroid dienone is 1. The zero-order valence-corrected chi connectivity index (χ0v) is 18.3. The van der Waals surface area contributed by atoms with E-state index in [-0.39, 0.29) is 19.0 Å². The number of esters is 1. The summed E-state index contributed by atoms with van der Waals surface area (Å²) in [4.78, 5) is 31.5. The van der Waals surface area contributed by atoms with E-state index in [1.165, 1.54) is 11.3 Å². The highest BCUT2D eigenvalue weighted by molar-refractivity contribution is 7.07. The molecule has 5 rings (SSSR count). The van der Waals surface area contributed by atoms with Crippen LogP contribution in [0.4, 0.5) is 0 Å². The van der Waals surface area contributed by atoms with Crippen LogP contribution in [0.2, 0.25) is 0 Å². The molecule has 3 aromatic rings. The standard InChI is InChI=1S/C24H20N2O5S/c1-3-29-23(28)20-14(2)25-24-26(21(20)16-7-5-4-6-8-16)22(27)19(32-24)12-15-9-10-17-18(11-15)31-13-30-17/h4-12,21H,3,13H2,1-2H3/b19-12+. The molecular weight excluding hydrogens is 428 g/mol. The average molecular weight is 449 g/mol. The van der Waals surface area contributed by atoms with Crippen LogP contribution in [0.25, 0.3) is 6.08 Å². The van der Waals surface area contributed by atoms with Gasteiger partial charge in [-0.2, -0.15) is 0 Å². The maximum absolute atomic E-state index is 13.5.